The van der Waals surface area contributed by atoms with Gasteiger partial charge in [0.2, 0.25) is 0 Å². The van der Waals surface area contributed by atoms with Crippen LogP contribution in [-0.2, 0) is 11.2 Å². The summed E-state index contributed by atoms with van der Waals surface area (Å²) < 4.78 is 12.8. The van der Waals surface area contributed by atoms with Crippen LogP contribution in [0.25, 0.3) is 0 Å². The summed E-state index contributed by atoms with van der Waals surface area (Å²) in [6.07, 6.45) is 0.283. The SMILES string of the molecule is Cc1nc(CCCNC(=O)[C@@H](O)c2ccc(F)cc2)sc1C. The zero-order valence-corrected chi connectivity index (χ0v) is 13.4. The minimum absolute atomic E-state index is 0.380. The molecule has 1 aromatic heterocycles. The Morgan fingerprint density at radius 3 is 2.64 bits per heavy atom. The number of aliphatic hydroxyl groups is 1. The molecule has 22 heavy (non-hydrogen) atoms. The molecule has 0 aliphatic carbocycles. The highest BCUT2D eigenvalue weighted by Gasteiger charge is 2.16. The third kappa shape index (κ3) is 4.35. The molecule has 4 nitrogen and oxygen atoms in total. The van der Waals surface area contributed by atoms with E-state index in [0.717, 1.165) is 23.5 Å². The van der Waals surface area contributed by atoms with Crippen molar-refractivity contribution in [2.75, 3.05) is 6.54 Å². The van der Waals surface area contributed by atoms with Crippen LogP contribution in [0.1, 0.15) is 33.7 Å². The second-order valence-corrected chi connectivity index (χ2v) is 6.39. The fourth-order valence-electron chi connectivity index (χ4n) is 1.99. The maximum atomic E-state index is 12.8. The Balaban J connectivity index is 1.76. The number of aryl methyl sites for hydroxylation is 3. The van der Waals surface area contributed by atoms with Gasteiger partial charge in [0.15, 0.2) is 6.10 Å². The Hall–Kier alpha value is -1.79. The molecule has 0 fully saturated rings. The minimum atomic E-state index is -1.27. The number of carbonyl (C=O) groups is 1. The van der Waals surface area contributed by atoms with Gasteiger partial charge in [0.1, 0.15) is 5.82 Å². The van der Waals surface area contributed by atoms with Gasteiger partial charge in [-0.1, -0.05) is 12.1 Å². The number of halogens is 1. The predicted octanol–water partition coefficient (Wildman–Crippen LogP) is 2.68. The second kappa shape index (κ2) is 7.47. The molecule has 0 bridgehead atoms. The molecule has 2 N–H and O–H groups in total. The molecule has 1 atom stereocenters. The normalized spacial score (nSPS) is 12.2. The van der Waals surface area contributed by atoms with E-state index in [9.17, 15) is 14.3 Å². The van der Waals surface area contributed by atoms with Crippen molar-refractivity contribution in [2.24, 2.45) is 0 Å². The molecule has 118 valence electrons. The molecule has 2 rings (SSSR count). The second-order valence-electron chi connectivity index (χ2n) is 5.10. The summed E-state index contributed by atoms with van der Waals surface area (Å²) in [6, 6.07) is 5.25. The predicted molar refractivity (Wildman–Crippen MR) is 84.3 cm³/mol. The third-order valence-corrected chi connectivity index (χ3v) is 4.51. The molecule has 1 aromatic carbocycles. The molecular weight excluding hydrogens is 303 g/mol. The van der Waals surface area contributed by atoms with Crippen molar-refractivity contribution in [3.05, 3.63) is 51.2 Å². The first kappa shape index (κ1) is 16.6. The van der Waals surface area contributed by atoms with E-state index in [1.807, 2.05) is 13.8 Å². The van der Waals surface area contributed by atoms with Gasteiger partial charge < -0.3 is 10.4 Å². The Labute approximate surface area is 133 Å². The smallest absolute Gasteiger partial charge is 0.253 e. The van der Waals surface area contributed by atoms with E-state index in [0.29, 0.717) is 12.1 Å². The van der Waals surface area contributed by atoms with E-state index in [-0.39, 0.29) is 0 Å². The topological polar surface area (TPSA) is 62.2 Å². The molecule has 0 saturated heterocycles. The lowest BCUT2D eigenvalue weighted by Gasteiger charge is -2.11. The van der Waals surface area contributed by atoms with Crippen molar-refractivity contribution >= 4 is 17.2 Å². The summed E-state index contributed by atoms with van der Waals surface area (Å²) in [5, 5.41) is 13.6. The average Bonchev–Trinajstić information content (AvgIpc) is 2.82. The number of aromatic nitrogens is 1. The van der Waals surface area contributed by atoms with Crippen LogP contribution in [0.15, 0.2) is 24.3 Å². The molecule has 0 radical (unpaired) electrons. The number of hydrogen-bond acceptors (Lipinski definition) is 4. The van der Waals surface area contributed by atoms with Crippen LogP contribution in [-0.4, -0.2) is 22.5 Å². The lowest BCUT2D eigenvalue weighted by molar-refractivity contribution is -0.129. The van der Waals surface area contributed by atoms with E-state index in [4.69, 9.17) is 0 Å². The maximum Gasteiger partial charge on any atom is 0.253 e. The van der Waals surface area contributed by atoms with Crippen molar-refractivity contribution in [2.45, 2.75) is 32.8 Å². The third-order valence-electron chi connectivity index (χ3n) is 3.37. The van der Waals surface area contributed by atoms with Gasteiger partial charge in [0, 0.05) is 17.8 Å². The van der Waals surface area contributed by atoms with Gasteiger partial charge in [-0.3, -0.25) is 4.79 Å². The van der Waals surface area contributed by atoms with Crippen LogP contribution >= 0.6 is 11.3 Å². The molecular formula is C16H19FN2O2S. The molecule has 0 unspecified atom stereocenters. The summed E-state index contributed by atoms with van der Waals surface area (Å²) in [7, 11) is 0. The van der Waals surface area contributed by atoms with E-state index in [1.54, 1.807) is 11.3 Å². The summed E-state index contributed by atoms with van der Waals surface area (Å²) in [6.45, 7) is 4.49. The van der Waals surface area contributed by atoms with Crippen molar-refractivity contribution < 1.29 is 14.3 Å². The number of rotatable bonds is 6. The van der Waals surface area contributed by atoms with Crippen LogP contribution in [0.5, 0.6) is 0 Å². The lowest BCUT2D eigenvalue weighted by Crippen LogP contribution is -2.30. The van der Waals surface area contributed by atoms with Gasteiger partial charge in [-0.2, -0.15) is 0 Å². The fraction of sp³-hybridized carbons (Fsp3) is 0.375. The number of carbonyl (C=O) groups excluding carboxylic acids is 1. The Kier molecular flexibility index (Phi) is 5.63. The first-order chi connectivity index (χ1) is 10.5. The van der Waals surface area contributed by atoms with Gasteiger partial charge in [-0.05, 0) is 38.0 Å². The number of hydrogen-bond donors (Lipinski definition) is 2. The van der Waals surface area contributed by atoms with E-state index < -0.39 is 17.8 Å². The summed E-state index contributed by atoms with van der Waals surface area (Å²) in [5.41, 5.74) is 1.43. The molecule has 0 spiro atoms. The zero-order chi connectivity index (χ0) is 16.1. The van der Waals surface area contributed by atoms with Crippen molar-refractivity contribution in [3.63, 3.8) is 0 Å². The zero-order valence-electron chi connectivity index (χ0n) is 12.6. The Bertz CT molecular complexity index is 621. The van der Waals surface area contributed by atoms with Crippen LogP contribution in [0, 0.1) is 19.7 Å². The Morgan fingerprint density at radius 2 is 2.05 bits per heavy atom. The number of nitrogens with zero attached hydrogens (tertiary/aromatic N) is 1. The standard InChI is InChI=1S/C16H19FN2O2S/c1-10-11(2)22-14(19-10)4-3-9-18-16(21)15(20)12-5-7-13(17)8-6-12/h5-8,15,20H,3-4,9H2,1-2H3,(H,18,21)/t15-/m0/s1. The lowest BCUT2D eigenvalue weighted by atomic mass is 10.1. The summed E-state index contributed by atoms with van der Waals surface area (Å²) in [5.74, 6) is -0.872. The van der Waals surface area contributed by atoms with Crippen LogP contribution < -0.4 is 5.32 Å². The van der Waals surface area contributed by atoms with Gasteiger partial charge in [-0.15, -0.1) is 11.3 Å². The molecule has 0 aliphatic rings. The highest BCUT2D eigenvalue weighted by molar-refractivity contribution is 7.11. The van der Waals surface area contributed by atoms with Gasteiger partial charge in [-0.25, -0.2) is 9.37 Å². The summed E-state index contributed by atoms with van der Waals surface area (Å²) >= 11 is 1.67. The van der Waals surface area contributed by atoms with Gasteiger partial charge >= 0.3 is 0 Å². The van der Waals surface area contributed by atoms with Gasteiger partial charge in [0.25, 0.3) is 5.91 Å². The summed E-state index contributed by atoms with van der Waals surface area (Å²) in [4.78, 5) is 17.5. The van der Waals surface area contributed by atoms with E-state index in [2.05, 4.69) is 10.3 Å². The quantitative estimate of drug-likeness (QED) is 0.804. The number of aliphatic hydroxyl groups excluding tert-OH is 1. The molecule has 0 aliphatic heterocycles. The molecule has 1 heterocycles. The fourth-order valence-corrected chi connectivity index (χ4v) is 2.97. The molecule has 1 amide bonds. The monoisotopic (exact) mass is 322 g/mol. The highest BCUT2D eigenvalue weighted by Crippen LogP contribution is 2.17. The van der Waals surface area contributed by atoms with E-state index in [1.165, 1.54) is 29.1 Å². The number of benzene rings is 1. The molecule has 0 saturated carbocycles. The highest BCUT2D eigenvalue weighted by atomic mass is 32.1. The first-order valence-corrected chi connectivity index (χ1v) is 7.93. The van der Waals surface area contributed by atoms with Crippen molar-refractivity contribution in [3.8, 4) is 0 Å². The van der Waals surface area contributed by atoms with Gasteiger partial charge in [0.05, 0.1) is 10.7 Å². The average molecular weight is 322 g/mol. The minimum Gasteiger partial charge on any atom is -0.378 e. The van der Waals surface area contributed by atoms with Crippen molar-refractivity contribution in [1.29, 1.82) is 0 Å². The molecule has 2 aromatic rings. The largest absolute Gasteiger partial charge is 0.378 e. The number of thiazole rings is 1. The first-order valence-electron chi connectivity index (χ1n) is 7.11. The molecule has 6 heteroatoms. The van der Waals surface area contributed by atoms with Crippen molar-refractivity contribution in [1.82, 2.24) is 10.3 Å². The van der Waals surface area contributed by atoms with Crippen LogP contribution in [0.4, 0.5) is 4.39 Å². The maximum absolute atomic E-state index is 12.8. The van der Waals surface area contributed by atoms with E-state index >= 15 is 0 Å². The van der Waals surface area contributed by atoms with Crippen LogP contribution in [0.2, 0.25) is 0 Å². The Morgan fingerprint density at radius 1 is 1.36 bits per heavy atom. The van der Waals surface area contributed by atoms with Crippen LogP contribution in [0.3, 0.4) is 0 Å². The number of nitrogens with one attached hydrogen (secondary N) is 1. The number of amides is 1.